The molecule has 4 rings (SSSR count). The molecule has 1 aliphatic rings. The quantitative estimate of drug-likeness (QED) is 0.443. The zero-order chi connectivity index (χ0) is 20.9. The average molecular weight is 443 g/mol. The maximum absolute atomic E-state index is 13.2. The zero-order valence-electron chi connectivity index (χ0n) is 17.3. The number of thioether (sulfide) groups is 1. The monoisotopic (exact) mass is 442 g/mol. The molecule has 3 aromatic rings. The Morgan fingerprint density at radius 2 is 2.13 bits per heavy atom. The van der Waals surface area contributed by atoms with Gasteiger partial charge in [0.2, 0.25) is 5.91 Å². The van der Waals surface area contributed by atoms with E-state index in [0.717, 1.165) is 51.9 Å². The number of anilines is 1. The minimum Gasteiger partial charge on any atom is -0.494 e. The molecule has 0 bridgehead atoms. The van der Waals surface area contributed by atoms with E-state index in [4.69, 9.17) is 14.5 Å². The molecule has 1 aliphatic heterocycles. The topological polar surface area (TPSA) is 51.7 Å². The number of hydrogen-bond donors (Lipinski definition) is 0. The van der Waals surface area contributed by atoms with Crippen molar-refractivity contribution >= 4 is 44.4 Å². The molecule has 1 saturated heterocycles. The minimum absolute atomic E-state index is 0.0748. The second-order valence-corrected chi connectivity index (χ2v) is 9.46. The summed E-state index contributed by atoms with van der Waals surface area (Å²) in [5.41, 5.74) is 1.96. The van der Waals surface area contributed by atoms with Crippen LogP contribution in [0.2, 0.25) is 0 Å². The van der Waals surface area contributed by atoms with Gasteiger partial charge in [-0.2, -0.15) is 0 Å². The number of carbonyl (C=O) groups excluding carboxylic acids is 1. The molecular formula is C23H26N2O3S2. The highest BCUT2D eigenvalue weighted by molar-refractivity contribution is 7.99. The molecule has 158 valence electrons. The normalized spacial score (nSPS) is 16.1. The number of aryl methyl sites for hydroxylation is 1. The third-order valence-corrected chi connectivity index (χ3v) is 7.41. The van der Waals surface area contributed by atoms with E-state index in [1.807, 2.05) is 35.2 Å². The molecule has 0 aliphatic carbocycles. The molecule has 0 saturated carbocycles. The van der Waals surface area contributed by atoms with Gasteiger partial charge in [0.1, 0.15) is 11.3 Å². The molecule has 1 atom stereocenters. The Bertz CT molecular complexity index is 1000. The number of hydrogen-bond acceptors (Lipinski definition) is 6. The van der Waals surface area contributed by atoms with E-state index in [2.05, 4.69) is 19.1 Å². The molecular weight excluding hydrogens is 416 g/mol. The van der Waals surface area contributed by atoms with E-state index >= 15 is 0 Å². The molecule has 2 aromatic carbocycles. The number of methoxy groups -OCH3 is 1. The summed E-state index contributed by atoms with van der Waals surface area (Å²) in [7, 11) is 1.65. The van der Waals surface area contributed by atoms with E-state index in [-0.39, 0.29) is 12.0 Å². The van der Waals surface area contributed by atoms with Crippen molar-refractivity contribution in [2.75, 3.05) is 30.9 Å². The van der Waals surface area contributed by atoms with Gasteiger partial charge in [0, 0.05) is 23.7 Å². The largest absolute Gasteiger partial charge is 0.494 e. The van der Waals surface area contributed by atoms with Crippen molar-refractivity contribution in [1.29, 1.82) is 0 Å². The lowest BCUT2D eigenvalue weighted by Crippen LogP contribution is -2.37. The second kappa shape index (κ2) is 9.81. The van der Waals surface area contributed by atoms with Crippen molar-refractivity contribution in [3.05, 3.63) is 48.0 Å². The van der Waals surface area contributed by atoms with Gasteiger partial charge in [0.25, 0.3) is 0 Å². The number of rotatable bonds is 8. The number of fused-ring (bicyclic) bond motifs is 1. The molecule has 7 heteroatoms. The Balaban J connectivity index is 1.55. The molecule has 0 radical (unpaired) electrons. The van der Waals surface area contributed by atoms with Crippen LogP contribution in [-0.4, -0.2) is 43.0 Å². The third-order valence-electron chi connectivity index (χ3n) is 5.18. The van der Waals surface area contributed by atoms with E-state index in [1.54, 1.807) is 30.2 Å². The number of nitrogens with zero attached hydrogens (tertiary/aromatic N) is 2. The van der Waals surface area contributed by atoms with Gasteiger partial charge in [-0.05, 0) is 43.5 Å². The zero-order valence-corrected chi connectivity index (χ0v) is 18.9. The maximum atomic E-state index is 13.2. The summed E-state index contributed by atoms with van der Waals surface area (Å²) in [6.45, 7) is 3.38. The lowest BCUT2D eigenvalue weighted by atomic mass is 10.2. The van der Waals surface area contributed by atoms with Gasteiger partial charge in [-0.15, -0.1) is 11.8 Å². The van der Waals surface area contributed by atoms with Crippen LogP contribution in [0.1, 0.15) is 24.8 Å². The minimum atomic E-state index is 0.0748. The summed E-state index contributed by atoms with van der Waals surface area (Å²) in [6.07, 6.45) is 2.56. The summed E-state index contributed by atoms with van der Waals surface area (Å²) in [5, 5.41) is 0.725. The number of benzene rings is 2. The molecule has 1 unspecified atom stereocenters. The third kappa shape index (κ3) is 4.79. The standard InChI is InChI=1S/C23H26N2O3S2/c1-16-10-11-19(27-2)21-22(16)30-23(24-21)25(15-17-7-6-13-28-17)20(26)12-14-29-18-8-4-3-5-9-18/h3-5,8-11,17H,6-7,12-15H2,1-2H3. The van der Waals surface area contributed by atoms with Crippen molar-refractivity contribution in [2.24, 2.45) is 0 Å². The number of amides is 1. The Labute approximate surface area is 185 Å². The Morgan fingerprint density at radius 1 is 1.30 bits per heavy atom. The first kappa shape index (κ1) is 21.2. The second-order valence-electron chi connectivity index (χ2n) is 7.31. The molecule has 1 amide bonds. The van der Waals surface area contributed by atoms with Crippen LogP contribution < -0.4 is 9.64 Å². The first-order valence-corrected chi connectivity index (χ1v) is 12.0. The molecule has 1 aromatic heterocycles. The first-order valence-electron chi connectivity index (χ1n) is 10.2. The molecule has 0 spiro atoms. The molecule has 5 nitrogen and oxygen atoms in total. The Morgan fingerprint density at radius 3 is 2.87 bits per heavy atom. The molecule has 1 fully saturated rings. The van der Waals surface area contributed by atoms with Crippen LogP contribution in [0.4, 0.5) is 5.13 Å². The van der Waals surface area contributed by atoms with Crippen LogP contribution in [0.3, 0.4) is 0 Å². The van der Waals surface area contributed by atoms with Gasteiger partial charge in [0.15, 0.2) is 5.13 Å². The van der Waals surface area contributed by atoms with Crippen molar-refractivity contribution in [1.82, 2.24) is 4.98 Å². The maximum Gasteiger partial charge on any atom is 0.229 e. The summed E-state index contributed by atoms with van der Waals surface area (Å²) in [5.74, 6) is 1.56. The van der Waals surface area contributed by atoms with Crippen LogP contribution in [0.15, 0.2) is 47.4 Å². The highest BCUT2D eigenvalue weighted by Gasteiger charge is 2.26. The SMILES string of the molecule is COc1ccc(C)c2sc(N(CC3CCCO3)C(=O)CCSc3ccccc3)nc12. The van der Waals surface area contributed by atoms with Crippen LogP contribution in [0.5, 0.6) is 5.75 Å². The van der Waals surface area contributed by atoms with Crippen molar-refractivity contribution in [3.8, 4) is 5.75 Å². The first-order chi connectivity index (χ1) is 14.7. The predicted octanol–water partition coefficient (Wildman–Crippen LogP) is 5.31. The lowest BCUT2D eigenvalue weighted by Gasteiger charge is -2.23. The van der Waals surface area contributed by atoms with Gasteiger partial charge >= 0.3 is 0 Å². The summed E-state index contributed by atoms with van der Waals surface area (Å²) in [6, 6.07) is 14.1. The number of aromatic nitrogens is 1. The van der Waals surface area contributed by atoms with E-state index in [9.17, 15) is 4.79 Å². The average Bonchev–Trinajstić information content (AvgIpc) is 3.43. The van der Waals surface area contributed by atoms with E-state index < -0.39 is 0 Å². The summed E-state index contributed by atoms with van der Waals surface area (Å²) < 4.78 is 12.4. The number of carbonyl (C=O) groups is 1. The van der Waals surface area contributed by atoms with Gasteiger partial charge < -0.3 is 9.47 Å². The van der Waals surface area contributed by atoms with Crippen molar-refractivity contribution in [3.63, 3.8) is 0 Å². The molecule has 2 heterocycles. The van der Waals surface area contributed by atoms with Crippen LogP contribution in [0.25, 0.3) is 10.2 Å². The van der Waals surface area contributed by atoms with E-state index in [1.165, 1.54) is 4.90 Å². The van der Waals surface area contributed by atoms with Crippen molar-refractivity contribution < 1.29 is 14.3 Å². The van der Waals surface area contributed by atoms with Crippen LogP contribution in [0, 0.1) is 6.92 Å². The highest BCUT2D eigenvalue weighted by Crippen LogP contribution is 2.37. The molecule has 30 heavy (non-hydrogen) atoms. The highest BCUT2D eigenvalue weighted by atomic mass is 32.2. The smallest absolute Gasteiger partial charge is 0.229 e. The number of thiazole rings is 1. The van der Waals surface area contributed by atoms with Gasteiger partial charge in [0.05, 0.1) is 24.5 Å². The lowest BCUT2D eigenvalue weighted by molar-refractivity contribution is -0.118. The predicted molar refractivity (Wildman–Crippen MR) is 124 cm³/mol. The Hall–Kier alpha value is -2.09. The van der Waals surface area contributed by atoms with Crippen LogP contribution in [-0.2, 0) is 9.53 Å². The summed E-state index contributed by atoms with van der Waals surface area (Å²) in [4.78, 5) is 21.0. The fraction of sp³-hybridized carbons (Fsp3) is 0.391. The summed E-state index contributed by atoms with van der Waals surface area (Å²) >= 11 is 3.26. The number of ether oxygens (including phenoxy) is 2. The van der Waals surface area contributed by atoms with Crippen LogP contribution >= 0.6 is 23.1 Å². The van der Waals surface area contributed by atoms with Gasteiger partial charge in [-0.25, -0.2) is 4.98 Å². The molecule has 0 N–H and O–H groups in total. The van der Waals surface area contributed by atoms with Gasteiger partial charge in [-0.3, -0.25) is 9.69 Å². The fourth-order valence-electron chi connectivity index (χ4n) is 3.57. The van der Waals surface area contributed by atoms with E-state index in [0.29, 0.717) is 13.0 Å². The fourth-order valence-corrected chi connectivity index (χ4v) is 5.50. The Kier molecular flexibility index (Phi) is 6.92. The van der Waals surface area contributed by atoms with Crippen molar-refractivity contribution in [2.45, 2.75) is 37.2 Å². The van der Waals surface area contributed by atoms with Gasteiger partial charge in [-0.1, -0.05) is 35.6 Å².